The number of hydrogen-bond acceptors (Lipinski definition) is 3. The number of urea groups is 1. The molecule has 0 bridgehead atoms. The third-order valence-electron chi connectivity index (χ3n) is 3.03. The van der Waals surface area contributed by atoms with Crippen LogP contribution >= 0.6 is 0 Å². The quantitative estimate of drug-likeness (QED) is 0.762. The second-order valence-electron chi connectivity index (χ2n) is 6.02. The second kappa shape index (κ2) is 5.61. The first-order chi connectivity index (χ1) is 8.94. The van der Waals surface area contributed by atoms with Gasteiger partial charge in [-0.15, -0.1) is 0 Å². The summed E-state index contributed by atoms with van der Waals surface area (Å²) in [4.78, 5) is 11.7. The van der Waals surface area contributed by atoms with Crippen LogP contribution in [0.3, 0.4) is 0 Å². The third-order valence-corrected chi connectivity index (χ3v) is 3.03. The Morgan fingerprint density at radius 3 is 2.74 bits per heavy atom. The number of piperidine rings is 1. The van der Waals surface area contributed by atoms with E-state index in [9.17, 15) is 4.79 Å². The number of amides is 2. The molecular weight excluding hydrogens is 242 g/mol. The fourth-order valence-electron chi connectivity index (χ4n) is 2.18. The Kier molecular flexibility index (Phi) is 4.09. The van der Waals surface area contributed by atoms with Crippen molar-refractivity contribution >= 4 is 11.7 Å². The number of anilines is 1. The molecule has 6 heteroatoms. The van der Waals surface area contributed by atoms with Gasteiger partial charge in [0.15, 0.2) is 0 Å². The van der Waals surface area contributed by atoms with Crippen molar-refractivity contribution in [2.75, 3.05) is 18.4 Å². The first-order valence-electron chi connectivity index (χ1n) is 6.78. The Balaban J connectivity index is 1.91. The molecule has 1 fully saturated rings. The predicted molar refractivity (Wildman–Crippen MR) is 75.3 cm³/mol. The van der Waals surface area contributed by atoms with E-state index in [0.29, 0.717) is 6.04 Å². The van der Waals surface area contributed by atoms with Crippen LogP contribution in [0.1, 0.15) is 39.7 Å². The van der Waals surface area contributed by atoms with Gasteiger partial charge >= 0.3 is 6.03 Å². The second-order valence-corrected chi connectivity index (χ2v) is 6.02. The highest BCUT2D eigenvalue weighted by Crippen LogP contribution is 2.19. The van der Waals surface area contributed by atoms with E-state index in [-0.39, 0.29) is 11.6 Å². The summed E-state index contributed by atoms with van der Waals surface area (Å²) in [7, 11) is 0. The number of hydrogen-bond donors (Lipinski definition) is 3. The number of rotatable bonds is 2. The van der Waals surface area contributed by atoms with Crippen LogP contribution in [0.15, 0.2) is 12.4 Å². The lowest BCUT2D eigenvalue weighted by Crippen LogP contribution is -2.43. The average molecular weight is 265 g/mol. The summed E-state index contributed by atoms with van der Waals surface area (Å²) >= 11 is 0. The zero-order chi connectivity index (χ0) is 13.9. The van der Waals surface area contributed by atoms with Gasteiger partial charge in [-0.25, -0.2) is 4.79 Å². The Morgan fingerprint density at radius 2 is 2.11 bits per heavy atom. The maximum Gasteiger partial charge on any atom is 0.319 e. The molecule has 1 aromatic rings. The lowest BCUT2D eigenvalue weighted by molar-refractivity contribution is 0.244. The summed E-state index contributed by atoms with van der Waals surface area (Å²) < 4.78 is 1.95. The molecule has 0 aliphatic carbocycles. The van der Waals surface area contributed by atoms with Crippen LogP contribution in [-0.4, -0.2) is 34.4 Å². The molecule has 3 N–H and O–H groups in total. The fraction of sp³-hybridized carbons (Fsp3) is 0.692. The van der Waals surface area contributed by atoms with E-state index in [2.05, 4.69) is 21.0 Å². The Morgan fingerprint density at radius 1 is 1.42 bits per heavy atom. The van der Waals surface area contributed by atoms with E-state index in [1.807, 2.05) is 31.6 Å². The van der Waals surface area contributed by atoms with Crippen LogP contribution in [0.4, 0.5) is 10.5 Å². The molecule has 1 aliphatic heterocycles. The van der Waals surface area contributed by atoms with E-state index in [0.717, 1.165) is 31.6 Å². The van der Waals surface area contributed by atoms with Crippen LogP contribution in [-0.2, 0) is 0 Å². The maximum absolute atomic E-state index is 11.7. The van der Waals surface area contributed by atoms with E-state index in [1.165, 1.54) is 0 Å². The molecule has 0 spiro atoms. The van der Waals surface area contributed by atoms with Crippen LogP contribution in [0.5, 0.6) is 0 Å². The maximum atomic E-state index is 11.7. The summed E-state index contributed by atoms with van der Waals surface area (Å²) in [5.74, 6) is 0. The van der Waals surface area contributed by atoms with Crippen molar-refractivity contribution < 1.29 is 4.79 Å². The van der Waals surface area contributed by atoms with Crippen molar-refractivity contribution in [2.45, 2.75) is 45.2 Å². The highest BCUT2D eigenvalue weighted by Gasteiger charge is 2.17. The van der Waals surface area contributed by atoms with Crippen molar-refractivity contribution in [1.29, 1.82) is 0 Å². The molecule has 2 heterocycles. The molecule has 1 aliphatic rings. The molecular formula is C13H23N5O. The predicted octanol–water partition coefficient (Wildman–Crippen LogP) is 1.73. The van der Waals surface area contributed by atoms with Gasteiger partial charge in [0.25, 0.3) is 0 Å². The molecule has 6 nitrogen and oxygen atoms in total. The Hall–Kier alpha value is -1.56. The van der Waals surface area contributed by atoms with Crippen LogP contribution in [0.25, 0.3) is 0 Å². The zero-order valence-electron chi connectivity index (χ0n) is 11.9. The van der Waals surface area contributed by atoms with Gasteiger partial charge in [0, 0.05) is 11.7 Å². The van der Waals surface area contributed by atoms with Gasteiger partial charge in [0.2, 0.25) is 0 Å². The van der Waals surface area contributed by atoms with Crippen molar-refractivity contribution in [2.24, 2.45) is 0 Å². The molecule has 0 unspecified atom stereocenters. The standard InChI is InChI=1S/C13H23N5O/c1-13(2,3)17-12(19)16-10-8-15-18(9-10)11-4-6-14-7-5-11/h8-9,11,14H,4-7H2,1-3H3,(H2,16,17,19). The van der Waals surface area contributed by atoms with E-state index < -0.39 is 0 Å². The van der Waals surface area contributed by atoms with Gasteiger partial charge in [0.05, 0.1) is 17.9 Å². The number of nitrogens with zero attached hydrogens (tertiary/aromatic N) is 2. The van der Waals surface area contributed by atoms with Gasteiger partial charge in [0.1, 0.15) is 0 Å². The molecule has 2 amide bonds. The normalized spacial score (nSPS) is 17.2. The average Bonchev–Trinajstić information content (AvgIpc) is 2.76. The molecule has 2 rings (SSSR count). The molecule has 0 saturated carbocycles. The van der Waals surface area contributed by atoms with Crippen LogP contribution in [0, 0.1) is 0 Å². The fourth-order valence-corrected chi connectivity index (χ4v) is 2.18. The third kappa shape index (κ3) is 4.24. The largest absolute Gasteiger partial charge is 0.333 e. The molecule has 1 saturated heterocycles. The highest BCUT2D eigenvalue weighted by atomic mass is 16.2. The molecule has 0 radical (unpaired) electrons. The van der Waals surface area contributed by atoms with Crippen molar-refractivity contribution in [1.82, 2.24) is 20.4 Å². The molecule has 1 aromatic heterocycles. The number of carbonyl (C=O) groups excluding carboxylic acids is 1. The van der Waals surface area contributed by atoms with Gasteiger partial charge in [-0.3, -0.25) is 4.68 Å². The van der Waals surface area contributed by atoms with Crippen molar-refractivity contribution in [3.05, 3.63) is 12.4 Å². The summed E-state index contributed by atoms with van der Waals surface area (Å²) in [6.07, 6.45) is 5.76. The first-order valence-corrected chi connectivity index (χ1v) is 6.78. The zero-order valence-corrected chi connectivity index (χ0v) is 11.9. The van der Waals surface area contributed by atoms with Gasteiger partial charge in [-0.2, -0.15) is 5.10 Å². The van der Waals surface area contributed by atoms with Gasteiger partial charge in [-0.1, -0.05) is 0 Å². The minimum Gasteiger partial charge on any atom is -0.333 e. The SMILES string of the molecule is CC(C)(C)NC(=O)Nc1cnn(C2CCNCC2)c1. The topological polar surface area (TPSA) is 71.0 Å². The number of nitrogens with one attached hydrogen (secondary N) is 3. The van der Waals surface area contributed by atoms with E-state index in [4.69, 9.17) is 0 Å². The Labute approximate surface area is 113 Å². The summed E-state index contributed by atoms with van der Waals surface area (Å²) in [5, 5.41) is 13.3. The smallest absolute Gasteiger partial charge is 0.319 e. The first kappa shape index (κ1) is 13.9. The Bertz CT molecular complexity index is 428. The van der Waals surface area contributed by atoms with E-state index >= 15 is 0 Å². The monoisotopic (exact) mass is 265 g/mol. The number of carbonyl (C=O) groups is 1. The highest BCUT2D eigenvalue weighted by molar-refractivity contribution is 5.89. The minimum absolute atomic E-state index is 0.197. The van der Waals surface area contributed by atoms with Gasteiger partial charge < -0.3 is 16.0 Å². The van der Waals surface area contributed by atoms with E-state index in [1.54, 1.807) is 6.20 Å². The summed E-state index contributed by atoms with van der Waals surface area (Å²) in [5.41, 5.74) is 0.495. The molecule has 0 aromatic carbocycles. The van der Waals surface area contributed by atoms with Crippen LogP contribution in [0.2, 0.25) is 0 Å². The molecule has 106 valence electrons. The molecule has 0 atom stereocenters. The van der Waals surface area contributed by atoms with Crippen LogP contribution < -0.4 is 16.0 Å². The molecule has 19 heavy (non-hydrogen) atoms. The lowest BCUT2D eigenvalue weighted by atomic mass is 10.1. The van der Waals surface area contributed by atoms with Crippen molar-refractivity contribution in [3.63, 3.8) is 0 Å². The van der Waals surface area contributed by atoms with Gasteiger partial charge in [-0.05, 0) is 46.7 Å². The lowest BCUT2D eigenvalue weighted by Gasteiger charge is -2.22. The summed E-state index contributed by atoms with van der Waals surface area (Å²) in [6, 6.07) is 0.236. The van der Waals surface area contributed by atoms with Crippen molar-refractivity contribution in [3.8, 4) is 0 Å². The summed E-state index contributed by atoms with van der Waals surface area (Å²) in [6.45, 7) is 7.90. The number of aromatic nitrogens is 2. The minimum atomic E-state index is -0.241.